The molecule has 208 valence electrons. The van der Waals surface area contributed by atoms with Gasteiger partial charge in [-0.3, -0.25) is 13.9 Å². The minimum atomic E-state index is -4.25. The number of anilines is 1. The Morgan fingerprint density at radius 2 is 1.64 bits per heavy atom. The molecule has 0 aliphatic heterocycles. The number of amides is 2. The SMILES string of the molecule is CCCCNC(=O)[C@H](C)N(Cc1ccccc1F)C(=O)CN(c1ccc(Cl)c(Cl)c1)S(=O)(=O)c1ccccc1. The summed E-state index contributed by atoms with van der Waals surface area (Å²) in [5, 5.41) is 3.09. The molecule has 1 atom stereocenters. The van der Waals surface area contributed by atoms with Gasteiger partial charge in [-0.15, -0.1) is 0 Å². The molecule has 0 aliphatic carbocycles. The van der Waals surface area contributed by atoms with Gasteiger partial charge in [0.2, 0.25) is 11.8 Å². The molecule has 2 amide bonds. The molecule has 3 aromatic rings. The molecule has 0 saturated heterocycles. The Labute approximate surface area is 238 Å². The maximum Gasteiger partial charge on any atom is 0.264 e. The molecule has 3 rings (SSSR count). The second-order valence-electron chi connectivity index (χ2n) is 8.86. The number of hydrogen-bond acceptors (Lipinski definition) is 4. The summed E-state index contributed by atoms with van der Waals surface area (Å²) in [6, 6.07) is 16.7. The van der Waals surface area contributed by atoms with Crippen LogP contribution in [0.4, 0.5) is 10.1 Å². The third-order valence-corrected chi connectivity index (χ3v) is 8.62. The average Bonchev–Trinajstić information content (AvgIpc) is 2.92. The number of benzene rings is 3. The van der Waals surface area contributed by atoms with Crippen molar-refractivity contribution in [3.05, 3.63) is 94.2 Å². The molecule has 0 saturated carbocycles. The number of nitrogens with zero attached hydrogens (tertiary/aromatic N) is 2. The topological polar surface area (TPSA) is 86.8 Å². The van der Waals surface area contributed by atoms with Crippen LogP contribution in [-0.2, 0) is 26.2 Å². The van der Waals surface area contributed by atoms with Crippen molar-refractivity contribution in [2.45, 2.75) is 44.2 Å². The van der Waals surface area contributed by atoms with Crippen LogP contribution in [0.15, 0.2) is 77.7 Å². The summed E-state index contributed by atoms with van der Waals surface area (Å²) in [7, 11) is -4.25. The Morgan fingerprint density at radius 1 is 0.974 bits per heavy atom. The van der Waals surface area contributed by atoms with Crippen molar-refractivity contribution in [3.8, 4) is 0 Å². The summed E-state index contributed by atoms with van der Waals surface area (Å²) in [4.78, 5) is 27.9. The number of carbonyl (C=O) groups excluding carboxylic acids is 2. The second kappa shape index (κ2) is 13.8. The summed E-state index contributed by atoms with van der Waals surface area (Å²) in [6.07, 6.45) is 1.61. The van der Waals surface area contributed by atoms with Crippen LogP contribution in [0.25, 0.3) is 0 Å². The Balaban J connectivity index is 2.02. The number of hydrogen-bond donors (Lipinski definition) is 1. The predicted octanol–water partition coefficient (Wildman–Crippen LogP) is 5.66. The van der Waals surface area contributed by atoms with E-state index < -0.39 is 40.2 Å². The molecule has 0 radical (unpaired) electrons. The Bertz CT molecular complexity index is 1410. The highest BCUT2D eigenvalue weighted by Crippen LogP contribution is 2.31. The third-order valence-electron chi connectivity index (χ3n) is 6.10. The minimum Gasteiger partial charge on any atom is -0.354 e. The van der Waals surface area contributed by atoms with Gasteiger partial charge >= 0.3 is 0 Å². The first kappa shape index (κ1) is 30.4. The summed E-state index contributed by atoms with van der Waals surface area (Å²) in [5.74, 6) is -1.69. The third kappa shape index (κ3) is 7.71. The van der Waals surface area contributed by atoms with E-state index in [1.54, 1.807) is 24.3 Å². The smallest absolute Gasteiger partial charge is 0.264 e. The van der Waals surface area contributed by atoms with Crippen LogP contribution in [0.5, 0.6) is 0 Å². The molecule has 11 heteroatoms. The van der Waals surface area contributed by atoms with Crippen LogP contribution < -0.4 is 9.62 Å². The van der Waals surface area contributed by atoms with E-state index in [0.29, 0.717) is 6.54 Å². The zero-order chi connectivity index (χ0) is 28.6. The van der Waals surface area contributed by atoms with Crippen LogP contribution in [-0.4, -0.2) is 44.3 Å². The van der Waals surface area contributed by atoms with E-state index in [-0.39, 0.29) is 32.7 Å². The molecule has 0 bridgehead atoms. The van der Waals surface area contributed by atoms with Crippen molar-refractivity contribution >= 4 is 50.7 Å². The van der Waals surface area contributed by atoms with Gasteiger partial charge in [0.1, 0.15) is 18.4 Å². The van der Waals surface area contributed by atoms with Gasteiger partial charge < -0.3 is 10.2 Å². The molecule has 7 nitrogen and oxygen atoms in total. The molecular formula is C28H30Cl2FN3O4S. The van der Waals surface area contributed by atoms with Crippen molar-refractivity contribution in [2.24, 2.45) is 0 Å². The van der Waals surface area contributed by atoms with Gasteiger partial charge in [-0.2, -0.15) is 0 Å². The van der Waals surface area contributed by atoms with Gasteiger partial charge in [-0.25, -0.2) is 12.8 Å². The molecule has 0 heterocycles. The van der Waals surface area contributed by atoms with Gasteiger partial charge in [0.15, 0.2) is 0 Å². The summed E-state index contributed by atoms with van der Waals surface area (Å²) < 4.78 is 42.9. The van der Waals surface area contributed by atoms with Crippen molar-refractivity contribution in [3.63, 3.8) is 0 Å². The lowest BCUT2D eigenvalue weighted by Gasteiger charge is -2.32. The number of halogens is 3. The van der Waals surface area contributed by atoms with E-state index in [4.69, 9.17) is 23.2 Å². The molecule has 1 N–H and O–H groups in total. The highest BCUT2D eigenvalue weighted by atomic mass is 35.5. The number of unbranched alkanes of at least 4 members (excludes halogenated alkanes) is 1. The van der Waals surface area contributed by atoms with E-state index in [9.17, 15) is 22.4 Å². The standard InChI is InChI=1S/C28H30Cl2FN3O4S/c1-3-4-16-32-28(36)20(2)33(18-21-10-8-9-13-26(21)31)27(35)19-34(22-14-15-24(29)25(30)17-22)39(37,38)23-11-6-5-7-12-23/h5-15,17,20H,3-4,16,18-19H2,1-2H3,(H,32,36)/t20-/m0/s1. The quantitative estimate of drug-likeness (QED) is 0.274. The summed E-state index contributed by atoms with van der Waals surface area (Å²) in [6.45, 7) is 3.01. The van der Waals surface area contributed by atoms with Crippen molar-refractivity contribution < 1.29 is 22.4 Å². The number of carbonyl (C=O) groups is 2. The highest BCUT2D eigenvalue weighted by molar-refractivity contribution is 7.92. The fraction of sp³-hybridized carbons (Fsp3) is 0.286. The molecule has 3 aromatic carbocycles. The number of sulfonamides is 1. The Morgan fingerprint density at radius 3 is 2.28 bits per heavy atom. The second-order valence-corrected chi connectivity index (χ2v) is 11.5. The predicted molar refractivity (Wildman–Crippen MR) is 152 cm³/mol. The van der Waals surface area contributed by atoms with Crippen LogP contribution in [0.3, 0.4) is 0 Å². The van der Waals surface area contributed by atoms with Crippen LogP contribution in [0.2, 0.25) is 10.0 Å². The maximum absolute atomic E-state index is 14.6. The first-order valence-corrected chi connectivity index (χ1v) is 14.6. The largest absolute Gasteiger partial charge is 0.354 e. The monoisotopic (exact) mass is 593 g/mol. The van der Waals surface area contributed by atoms with E-state index in [1.165, 1.54) is 60.4 Å². The molecule has 0 aromatic heterocycles. The van der Waals surface area contributed by atoms with Crippen molar-refractivity contribution in [1.82, 2.24) is 10.2 Å². The molecule has 0 spiro atoms. The molecular weight excluding hydrogens is 564 g/mol. The fourth-order valence-electron chi connectivity index (χ4n) is 3.82. The van der Waals surface area contributed by atoms with Gasteiger partial charge in [0, 0.05) is 18.7 Å². The normalized spacial score (nSPS) is 12.0. The zero-order valence-electron chi connectivity index (χ0n) is 21.6. The van der Waals surface area contributed by atoms with Crippen LogP contribution in [0, 0.1) is 5.82 Å². The van der Waals surface area contributed by atoms with Gasteiger partial charge in [0.05, 0.1) is 20.6 Å². The highest BCUT2D eigenvalue weighted by Gasteiger charge is 2.33. The van der Waals surface area contributed by atoms with Gasteiger partial charge in [0.25, 0.3) is 10.0 Å². The molecule has 0 aliphatic rings. The van der Waals surface area contributed by atoms with Crippen LogP contribution >= 0.6 is 23.2 Å². The zero-order valence-corrected chi connectivity index (χ0v) is 23.9. The van der Waals surface area contributed by atoms with E-state index in [2.05, 4.69) is 5.32 Å². The molecule has 0 unspecified atom stereocenters. The first-order chi connectivity index (χ1) is 18.6. The lowest BCUT2D eigenvalue weighted by molar-refractivity contribution is -0.139. The Hall–Kier alpha value is -3.14. The van der Waals surface area contributed by atoms with Gasteiger partial charge in [-0.1, -0.05) is 72.9 Å². The summed E-state index contributed by atoms with van der Waals surface area (Å²) >= 11 is 12.2. The van der Waals surface area contributed by atoms with E-state index in [0.717, 1.165) is 17.1 Å². The minimum absolute atomic E-state index is 0.0464. The summed E-state index contributed by atoms with van der Waals surface area (Å²) in [5.41, 5.74) is 0.290. The lowest BCUT2D eigenvalue weighted by Crippen LogP contribution is -2.51. The maximum atomic E-state index is 14.6. The molecule has 39 heavy (non-hydrogen) atoms. The first-order valence-electron chi connectivity index (χ1n) is 12.4. The van der Waals surface area contributed by atoms with Crippen molar-refractivity contribution in [2.75, 3.05) is 17.4 Å². The van der Waals surface area contributed by atoms with Crippen LogP contribution in [0.1, 0.15) is 32.3 Å². The fourth-order valence-corrected chi connectivity index (χ4v) is 5.54. The lowest BCUT2D eigenvalue weighted by atomic mass is 10.1. The number of nitrogens with one attached hydrogen (secondary N) is 1. The number of rotatable bonds is 12. The molecule has 0 fully saturated rings. The van der Waals surface area contributed by atoms with E-state index in [1.807, 2.05) is 6.92 Å². The Kier molecular flexibility index (Phi) is 10.7. The van der Waals surface area contributed by atoms with Crippen molar-refractivity contribution in [1.29, 1.82) is 0 Å². The van der Waals surface area contributed by atoms with Gasteiger partial charge in [-0.05, 0) is 49.7 Å². The average molecular weight is 595 g/mol. The van der Waals surface area contributed by atoms with E-state index >= 15 is 0 Å².